The number of rotatable bonds is 6. The first kappa shape index (κ1) is 32.6. The predicted octanol–water partition coefficient (Wildman–Crippen LogP) is 14.0. The van der Waals surface area contributed by atoms with Crippen molar-refractivity contribution < 1.29 is 0 Å². The van der Waals surface area contributed by atoms with Crippen molar-refractivity contribution in [1.29, 1.82) is 0 Å². The Bertz CT molecular complexity index is 3170. The molecule has 4 nitrogen and oxygen atoms in total. The van der Waals surface area contributed by atoms with E-state index in [2.05, 4.69) is 121 Å². The first-order valence-corrected chi connectivity index (χ1v) is 20.2. The fourth-order valence-corrected chi connectivity index (χ4v) is 9.94. The molecule has 0 unspecified atom stereocenters. The highest BCUT2D eigenvalue weighted by Gasteiger charge is 2.20. The van der Waals surface area contributed by atoms with E-state index in [0.717, 1.165) is 49.1 Å². The second-order valence-corrected chi connectivity index (χ2v) is 15.9. The van der Waals surface area contributed by atoms with Crippen LogP contribution in [-0.2, 0) is 0 Å². The minimum absolute atomic E-state index is 0.648. The van der Waals surface area contributed by atoms with Gasteiger partial charge in [0.25, 0.3) is 0 Å². The SMILES string of the molecule is c1ccc(-c2ccc(-c3nc4cc5sc6ccccc6c5c(-c5ccc6c(-c7nc(-c8ccccc8)nc(-c8ccccc8)n7)cccc6c5)c4s3)cc2)cc1. The number of thiazole rings is 1. The number of hydrogen-bond donors (Lipinski definition) is 0. The van der Waals surface area contributed by atoms with Crippen LogP contribution in [0.25, 0.3) is 108 Å². The van der Waals surface area contributed by atoms with E-state index in [1.165, 1.54) is 41.6 Å². The number of nitrogens with zero attached hydrogens (tertiary/aromatic N) is 4. The quantitative estimate of drug-likeness (QED) is 0.170. The summed E-state index contributed by atoms with van der Waals surface area (Å²) in [5.41, 5.74) is 9.80. The van der Waals surface area contributed by atoms with E-state index in [-0.39, 0.29) is 0 Å². The average Bonchev–Trinajstić information content (AvgIpc) is 3.87. The summed E-state index contributed by atoms with van der Waals surface area (Å²) in [4.78, 5) is 20.3. The van der Waals surface area contributed by atoms with Crippen LogP contribution in [0.3, 0.4) is 0 Å². The molecule has 0 amide bonds. The second kappa shape index (κ2) is 13.5. The zero-order valence-corrected chi connectivity index (χ0v) is 31.6. The van der Waals surface area contributed by atoms with Gasteiger partial charge in [0.05, 0.1) is 10.2 Å². The average molecular weight is 751 g/mol. The minimum Gasteiger partial charge on any atom is -0.236 e. The molecule has 56 heavy (non-hydrogen) atoms. The molecule has 11 rings (SSSR count). The van der Waals surface area contributed by atoms with Crippen LogP contribution in [0.5, 0.6) is 0 Å². The van der Waals surface area contributed by atoms with Crippen molar-refractivity contribution >= 4 is 63.8 Å². The van der Waals surface area contributed by atoms with Crippen LogP contribution >= 0.6 is 22.7 Å². The summed E-state index contributed by atoms with van der Waals surface area (Å²) in [6.07, 6.45) is 0. The Kier molecular flexibility index (Phi) is 7.83. The summed E-state index contributed by atoms with van der Waals surface area (Å²) in [5.74, 6) is 1.95. The zero-order chi connectivity index (χ0) is 37.0. The lowest BCUT2D eigenvalue weighted by molar-refractivity contribution is 1.08. The Morgan fingerprint density at radius 3 is 1.66 bits per heavy atom. The van der Waals surface area contributed by atoms with E-state index in [0.29, 0.717) is 17.5 Å². The molecule has 0 bridgehead atoms. The van der Waals surface area contributed by atoms with Gasteiger partial charge >= 0.3 is 0 Å². The van der Waals surface area contributed by atoms with E-state index < -0.39 is 0 Å². The highest BCUT2D eigenvalue weighted by Crippen LogP contribution is 2.48. The smallest absolute Gasteiger partial charge is 0.164 e. The number of fused-ring (bicyclic) bond motifs is 5. The molecule has 0 saturated heterocycles. The van der Waals surface area contributed by atoms with Gasteiger partial charge in [-0.3, -0.25) is 0 Å². The summed E-state index contributed by atoms with van der Waals surface area (Å²) >= 11 is 3.61. The highest BCUT2D eigenvalue weighted by molar-refractivity contribution is 7.26. The fourth-order valence-electron chi connectivity index (χ4n) is 7.67. The fraction of sp³-hybridized carbons (Fsp3) is 0. The molecule has 0 radical (unpaired) electrons. The number of hydrogen-bond acceptors (Lipinski definition) is 6. The van der Waals surface area contributed by atoms with E-state index in [1.807, 2.05) is 72.0 Å². The Hall–Kier alpha value is -6.86. The monoisotopic (exact) mass is 750 g/mol. The van der Waals surface area contributed by atoms with E-state index in [4.69, 9.17) is 19.9 Å². The van der Waals surface area contributed by atoms with Crippen LogP contribution in [0.15, 0.2) is 182 Å². The van der Waals surface area contributed by atoms with Gasteiger partial charge in [-0.15, -0.1) is 22.7 Å². The third kappa shape index (κ3) is 5.66. The van der Waals surface area contributed by atoms with Gasteiger partial charge in [0.1, 0.15) is 5.01 Å². The molecular weight excluding hydrogens is 721 g/mol. The summed E-state index contributed by atoms with van der Waals surface area (Å²) < 4.78 is 3.71. The molecule has 11 aromatic rings. The van der Waals surface area contributed by atoms with Gasteiger partial charge in [0, 0.05) is 48.0 Å². The van der Waals surface area contributed by atoms with Gasteiger partial charge < -0.3 is 0 Å². The lowest BCUT2D eigenvalue weighted by Crippen LogP contribution is -2.00. The van der Waals surface area contributed by atoms with Crippen molar-refractivity contribution in [3.05, 3.63) is 182 Å². The van der Waals surface area contributed by atoms with Crippen molar-refractivity contribution in [2.45, 2.75) is 0 Å². The molecule has 0 atom stereocenters. The number of aromatic nitrogens is 4. The van der Waals surface area contributed by atoms with Crippen molar-refractivity contribution in [1.82, 2.24) is 19.9 Å². The predicted molar refractivity (Wildman–Crippen MR) is 236 cm³/mol. The molecule has 262 valence electrons. The summed E-state index contributed by atoms with van der Waals surface area (Å²) in [5, 5.41) is 5.77. The summed E-state index contributed by atoms with van der Waals surface area (Å²) in [6.45, 7) is 0. The Morgan fingerprint density at radius 2 is 0.946 bits per heavy atom. The molecule has 0 aliphatic carbocycles. The lowest BCUT2D eigenvalue weighted by atomic mass is 9.95. The van der Waals surface area contributed by atoms with Crippen LogP contribution in [-0.4, -0.2) is 19.9 Å². The van der Waals surface area contributed by atoms with Crippen LogP contribution in [0.1, 0.15) is 0 Å². The first-order chi connectivity index (χ1) is 27.7. The van der Waals surface area contributed by atoms with Gasteiger partial charge in [-0.05, 0) is 45.7 Å². The van der Waals surface area contributed by atoms with E-state index >= 15 is 0 Å². The normalized spacial score (nSPS) is 11.6. The van der Waals surface area contributed by atoms with Crippen molar-refractivity contribution in [3.8, 4) is 67.0 Å². The highest BCUT2D eigenvalue weighted by atomic mass is 32.1. The lowest BCUT2D eigenvalue weighted by Gasteiger charge is -2.12. The first-order valence-electron chi connectivity index (χ1n) is 18.5. The molecule has 0 aliphatic heterocycles. The Morgan fingerprint density at radius 1 is 0.357 bits per heavy atom. The minimum atomic E-state index is 0.648. The van der Waals surface area contributed by atoms with Crippen LogP contribution in [0.4, 0.5) is 0 Å². The number of thiophene rings is 1. The van der Waals surface area contributed by atoms with Crippen molar-refractivity contribution in [3.63, 3.8) is 0 Å². The van der Waals surface area contributed by atoms with Crippen LogP contribution in [0.2, 0.25) is 0 Å². The maximum absolute atomic E-state index is 5.28. The molecule has 3 aromatic heterocycles. The molecular formula is C50H30N4S2. The topological polar surface area (TPSA) is 51.6 Å². The van der Waals surface area contributed by atoms with Gasteiger partial charge in [-0.2, -0.15) is 0 Å². The van der Waals surface area contributed by atoms with Gasteiger partial charge in [-0.25, -0.2) is 19.9 Å². The molecule has 0 aliphatic rings. The van der Waals surface area contributed by atoms with Gasteiger partial charge in [0.15, 0.2) is 17.5 Å². The van der Waals surface area contributed by atoms with Crippen LogP contribution in [0, 0.1) is 0 Å². The number of benzene rings is 8. The molecule has 0 spiro atoms. The van der Waals surface area contributed by atoms with Gasteiger partial charge in [-0.1, -0.05) is 164 Å². The Labute approximate surface area is 331 Å². The third-order valence-corrected chi connectivity index (χ3v) is 12.6. The second-order valence-electron chi connectivity index (χ2n) is 13.8. The summed E-state index contributed by atoms with van der Waals surface area (Å²) in [6, 6.07) is 63.8. The standard InChI is InChI=1S/C50H30N4S2/c1-4-13-31(14-5-1)32-23-25-35(26-24-32)50-51-41-30-43-45(40-20-10-11-22-42(40)55-43)44(46(41)56-50)37-27-28-38-36(29-37)19-12-21-39(38)49-53-47(33-15-6-2-7-16-33)52-48(54-49)34-17-8-3-9-18-34/h1-30H. The Balaban J connectivity index is 1.08. The van der Waals surface area contributed by atoms with Gasteiger partial charge in [0.2, 0.25) is 0 Å². The van der Waals surface area contributed by atoms with Crippen molar-refractivity contribution in [2.75, 3.05) is 0 Å². The maximum Gasteiger partial charge on any atom is 0.164 e. The molecule has 6 heteroatoms. The molecule has 8 aromatic carbocycles. The molecule has 0 N–H and O–H groups in total. The molecule has 0 saturated carbocycles. The van der Waals surface area contributed by atoms with Crippen LogP contribution < -0.4 is 0 Å². The van der Waals surface area contributed by atoms with E-state index in [1.54, 1.807) is 11.3 Å². The maximum atomic E-state index is 5.28. The largest absolute Gasteiger partial charge is 0.236 e. The zero-order valence-electron chi connectivity index (χ0n) is 29.9. The molecule has 0 fully saturated rings. The third-order valence-electron chi connectivity index (χ3n) is 10.4. The molecule has 3 heterocycles. The summed E-state index contributed by atoms with van der Waals surface area (Å²) in [7, 11) is 0. The van der Waals surface area contributed by atoms with Crippen molar-refractivity contribution in [2.24, 2.45) is 0 Å². The van der Waals surface area contributed by atoms with E-state index in [9.17, 15) is 0 Å².